The van der Waals surface area contributed by atoms with E-state index in [1.54, 1.807) is 25.3 Å². The highest BCUT2D eigenvalue weighted by Crippen LogP contribution is 2.29. The maximum Gasteiger partial charge on any atom is 0.422 e. The normalized spacial score (nSPS) is 14.7. The number of halogens is 4. The molecule has 0 N–H and O–H groups in total. The van der Waals surface area contributed by atoms with E-state index >= 15 is 0 Å². The Labute approximate surface area is 143 Å². The molecule has 128 valence electrons. The Hall–Kier alpha value is -1.79. The SMILES string of the molecule is Cc1cc(CN2Cc3ccnc(Cl)c3C2)ccc1OCC(F)(F)F. The molecule has 1 aliphatic heterocycles. The molecule has 0 fully saturated rings. The van der Waals surface area contributed by atoms with E-state index in [4.69, 9.17) is 16.3 Å². The summed E-state index contributed by atoms with van der Waals surface area (Å²) in [6, 6.07) is 7.20. The first-order chi connectivity index (χ1) is 11.3. The van der Waals surface area contributed by atoms with E-state index in [9.17, 15) is 13.2 Å². The lowest BCUT2D eigenvalue weighted by atomic mass is 10.1. The standard InChI is InChI=1S/C17H16ClF3N2O/c1-11-6-12(2-3-15(11)24-10-17(19,20)21)7-23-8-13-4-5-22-16(18)14(13)9-23/h2-6H,7-10H2,1H3. The average Bonchev–Trinajstić information content (AvgIpc) is 2.89. The lowest BCUT2D eigenvalue weighted by Gasteiger charge is -2.17. The van der Waals surface area contributed by atoms with Gasteiger partial charge < -0.3 is 4.74 Å². The molecular formula is C17H16ClF3N2O. The van der Waals surface area contributed by atoms with Crippen molar-refractivity contribution >= 4 is 11.6 Å². The van der Waals surface area contributed by atoms with Crippen molar-refractivity contribution in [3.05, 3.63) is 57.9 Å². The molecule has 0 spiro atoms. The number of benzene rings is 1. The molecule has 7 heteroatoms. The summed E-state index contributed by atoms with van der Waals surface area (Å²) >= 11 is 6.11. The highest BCUT2D eigenvalue weighted by Gasteiger charge is 2.28. The third-order valence-corrected chi connectivity index (χ3v) is 4.24. The van der Waals surface area contributed by atoms with E-state index in [1.165, 1.54) is 0 Å². The Morgan fingerprint density at radius 2 is 2.04 bits per heavy atom. The molecule has 3 rings (SSSR count). The lowest BCUT2D eigenvalue weighted by molar-refractivity contribution is -0.153. The molecule has 1 aliphatic rings. The molecule has 0 saturated heterocycles. The fourth-order valence-corrected chi connectivity index (χ4v) is 3.08. The second kappa shape index (κ2) is 6.61. The van der Waals surface area contributed by atoms with Gasteiger partial charge in [0.1, 0.15) is 10.9 Å². The molecule has 0 saturated carbocycles. The molecular weight excluding hydrogens is 341 g/mol. The number of pyridine rings is 1. The van der Waals surface area contributed by atoms with Crippen molar-refractivity contribution in [2.75, 3.05) is 6.61 Å². The summed E-state index contributed by atoms with van der Waals surface area (Å²) in [5, 5.41) is 0.530. The Balaban J connectivity index is 1.65. The summed E-state index contributed by atoms with van der Waals surface area (Å²) in [6.45, 7) is 2.65. The van der Waals surface area contributed by atoms with Gasteiger partial charge >= 0.3 is 6.18 Å². The predicted molar refractivity (Wildman–Crippen MR) is 84.9 cm³/mol. The molecule has 1 aromatic heterocycles. The Kier molecular flexibility index (Phi) is 4.69. The molecule has 0 aliphatic carbocycles. The topological polar surface area (TPSA) is 25.4 Å². The largest absolute Gasteiger partial charge is 0.484 e. The third kappa shape index (κ3) is 3.99. The first-order valence-corrected chi connectivity index (χ1v) is 7.83. The first-order valence-electron chi connectivity index (χ1n) is 7.45. The molecule has 1 aromatic carbocycles. The highest BCUT2D eigenvalue weighted by atomic mass is 35.5. The van der Waals surface area contributed by atoms with Gasteiger partial charge in [-0.05, 0) is 35.7 Å². The van der Waals surface area contributed by atoms with Crippen molar-refractivity contribution in [2.24, 2.45) is 0 Å². The quantitative estimate of drug-likeness (QED) is 0.754. The van der Waals surface area contributed by atoms with Crippen molar-refractivity contribution in [1.29, 1.82) is 0 Å². The van der Waals surface area contributed by atoms with Crippen molar-refractivity contribution in [3.8, 4) is 5.75 Å². The van der Waals surface area contributed by atoms with E-state index in [2.05, 4.69) is 9.88 Å². The van der Waals surface area contributed by atoms with Crippen molar-refractivity contribution in [2.45, 2.75) is 32.7 Å². The summed E-state index contributed by atoms with van der Waals surface area (Å²) in [6.07, 6.45) is -2.64. The van der Waals surface area contributed by atoms with Crippen LogP contribution >= 0.6 is 11.6 Å². The number of aryl methyl sites for hydroxylation is 1. The van der Waals surface area contributed by atoms with E-state index in [-0.39, 0.29) is 5.75 Å². The Bertz CT molecular complexity index is 749. The zero-order valence-corrected chi connectivity index (χ0v) is 13.8. The minimum absolute atomic E-state index is 0.257. The van der Waals surface area contributed by atoms with Gasteiger partial charge in [-0.3, -0.25) is 4.90 Å². The maximum atomic E-state index is 12.2. The van der Waals surface area contributed by atoms with Crippen LogP contribution in [0.15, 0.2) is 30.5 Å². The average molecular weight is 357 g/mol. The number of rotatable bonds is 4. The van der Waals surface area contributed by atoms with Crippen LogP contribution in [0.25, 0.3) is 0 Å². The molecule has 2 heterocycles. The van der Waals surface area contributed by atoms with Gasteiger partial charge in [0.05, 0.1) is 0 Å². The Morgan fingerprint density at radius 3 is 2.71 bits per heavy atom. The van der Waals surface area contributed by atoms with Crippen molar-refractivity contribution in [3.63, 3.8) is 0 Å². The van der Waals surface area contributed by atoms with Gasteiger partial charge in [0.2, 0.25) is 0 Å². The van der Waals surface area contributed by atoms with Crippen LogP contribution in [0, 0.1) is 6.92 Å². The number of nitrogens with zero attached hydrogens (tertiary/aromatic N) is 2. The van der Waals surface area contributed by atoms with Gasteiger partial charge in [-0.2, -0.15) is 13.2 Å². The van der Waals surface area contributed by atoms with Gasteiger partial charge in [-0.25, -0.2) is 4.98 Å². The van der Waals surface area contributed by atoms with Crippen LogP contribution in [0.1, 0.15) is 22.3 Å². The monoisotopic (exact) mass is 356 g/mol. The summed E-state index contributed by atoms with van der Waals surface area (Å²) in [5.74, 6) is 0.257. The molecule has 0 unspecified atom stereocenters. The van der Waals surface area contributed by atoms with Gasteiger partial charge in [-0.15, -0.1) is 0 Å². The van der Waals surface area contributed by atoms with Crippen LogP contribution in [-0.4, -0.2) is 22.7 Å². The molecule has 0 amide bonds. The van der Waals surface area contributed by atoms with Crippen LogP contribution < -0.4 is 4.74 Å². The molecule has 0 atom stereocenters. The van der Waals surface area contributed by atoms with Crippen molar-refractivity contribution in [1.82, 2.24) is 9.88 Å². The van der Waals surface area contributed by atoms with Gasteiger partial charge in [0, 0.05) is 31.4 Å². The number of fused-ring (bicyclic) bond motifs is 1. The summed E-state index contributed by atoms with van der Waals surface area (Å²) in [5.41, 5.74) is 3.91. The maximum absolute atomic E-state index is 12.2. The van der Waals surface area contributed by atoms with Gasteiger partial charge in [-0.1, -0.05) is 23.7 Å². The van der Waals surface area contributed by atoms with E-state index < -0.39 is 12.8 Å². The minimum Gasteiger partial charge on any atom is -0.484 e. The fourth-order valence-electron chi connectivity index (χ4n) is 2.84. The molecule has 0 bridgehead atoms. The summed E-state index contributed by atoms with van der Waals surface area (Å²) in [4.78, 5) is 6.30. The molecule has 3 nitrogen and oxygen atoms in total. The fraction of sp³-hybridized carbons (Fsp3) is 0.353. The van der Waals surface area contributed by atoms with Crippen LogP contribution in [0.2, 0.25) is 5.15 Å². The van der Waals surface area contributed by atoms with Crippen LogP contribution in [0.5, 0.6) is 5.75 Å². The number of hydrogen-bond donors (Lipinski definition) is 0. The number of ether oxygens (including phenoxy) is 1. The zero-order valence-electron chi connectivity index (χ0n) is 13.0. The smallest absolute Gasteiger partial charge is 0.422 e. The summed E-state index contributed by atoms with van der Waals surface area (Å²) in [7, 11) is 0. The van der Waals surface area contributed by atoms with Crippen molar-refractivity contribution < 1.29 is 17.9 Å². The minimum atomic E-state index is -4.33. The molecule has 0 radical (unpaired) electrons. The Morgan fingerprint density at radius 1 is 1.25 bits per heavy atom. The second-order valence-electron chi connectivity index (χ2n) is 5.89. The van der Waals surface area contributed by atoms with Crippen LogP contribution in [0.4, 0.5) is 13.2 Å². The van der Waals surface area contributed by atoms with E-state index in [0.29, 0.717) is 23.8 Å². The van der Waals surface area contributed by atoms with Gasteiger partial charge in [0.25, 0.3) is 0 Å². The zero-order chi connectivity index (χ0) is 17.3. The summed E-state index contributed by atoms with van der Waals surface area (Å²) < 4.78 is 41.5. The van der Waals surface area contributed by atoms with Gasteiger partial charge in [0.15, 0.2) is 6.61 Å². The van der Waals surface area contributed by atoms with E-state index in [1.807, 2.05) is 12.1 Å². The number of hydrogen-bond acceptors (Lipinski definition) is 3. The highest BCUT2D eigenvalue weighted by molar-refractivity contribution is 6.30. The predicted octanol–water partition coefficient (Wildman–Crippen LogP) is 4.50. The second-order valence-corrected chi connectivity index (χ2v) is 6.25. The molecule has 24 heavy (non-hydrogen) atoms. The number of aromatic nitrogens is 1. The van der Waals surface area contributed by atoms with Crippen LogP contribution in [-0.2, 0) is 19.6 Å². The third-order valence-electron chi connectivity index (χ3n) is 3.91. The lowest BCUT2D eigenvalue weighted by Crippen LogP contribution is -2.19. The van der Waals surface area contributed by atoms with Crippen LogP contribution in [0.3, 0.4) is 0 Å². The number of alkyl halides is 3. The van der Waals surface area contributed by atoms with E-state index in [0.717, 1.165) is 23.2 Å². The molecule has 2 aromatic rings. The first kappa shape index (κ1) is 17.0.